The van der Waals surface area contributed by atoms with Crippen molar-refractivity contribution in [2.24, 2.45) is 5.41 Å². The molecule has 36 heavy (non-hydrogen) atoms. The van der Waals surface area contributed by atoms with Gasteiger partial charge in [0.25, 0.3) is 0 Å². The Bertz CT molecular complexity index is 1180. The van der Waals surface area contributed by atoms with E-state index in [4.69, 9.17) is 11.3 Å². The number of nitrogens with zero attached hydrogens (tertiary/aromatic N) is 4. The van der Waals surface area contributed by atoms with E-state index in [2.05, 4.69) is 24.0 Å². The fourth-order valence-corrected chi connectivity index (χ4v) is 4.87. The molecule has 0 spiro atoms. The fraction of sp³-hybridized carbons (Fsp3) is 0.407. The molecule has 0 aliphatic carbocycles. The predicted molar refractivity (Wildman–Crippen MR) is 130 cm³/mol. The van der Waals surface area contributed by atoms with Crippen LogP contribution in [0.2, 0.25) is 0 Å². The number of rotatable bonds is 9. The van der Waals surface area contributed by atoms with Gasteiger partial charge in [0.15, 0.2) is 5.69 Å². The first-order valence-electron chi connectivity index (χ1n) is 11.8. The summed E-state index contributed by atoms with van der Waals surface area (Å²) in [5.74, 6) is -0.142. The molecule has 190 valence electrons. The van der Waals surface area contributed by atoms with Gasteiger partial charge in [0.05, 0.1) is 25.2 Å². The number of piperidine rings is 1. The maximum Gasteiger partial charge on any atom is 0.573 e. The first-order chi connectivity index (χ1) is 17.3. The molecule has 1 aliphatic heterocycles. The molecule has 0 amide bonds. The van der Waals surface area contributed by atoms with E-state index in [-0.39, 0.29) is 11.2 Å². The molecular formula is C27H29F3N4O2. The molecule has 1 aromatic heterocycles. The minimum Gasteiger partial charge on any atom is -0.406 e. The van der Waals surface area contributed by atoms with Crippen LogP contribution in [0.3, 0.4) is 0 Å². The molecule has 4 rings (SSSR count). The van der Waals surface area contributed by atoms with Gasteiger partial charge in [0, 0.05) is 31.8 Å². The number of para-hydroxylation sites is 1. The highest BCUT2D eigenvalue weighted by molar-refractivity contribution is 5.45. The predicted octanol–water partition coefficient (Wildman–Crippen LogP) is 5.85. The molecule has 0 N–H and O–H groups in total. The normalized spacial score (nSPS) is 16.0. The second-order valence-corrected chi connectivity index (χ2v) is 9.33. The molecule has 6 nitrogen and oxygen atoms in total. The van der Waals surface area contributed by atoms with Crippen molar-refractivity contribution >= 4 is 5.69 Å². The van der Waals surface area contributed by atoms with Gasteiger partial charge in [-0.25, -0.2) is 9.83 Å². The maximum absolute atomic E-state index is 12.9. The van der Waals surface area contributed by atoms with Crippen LogP contribution in [0.25, 0.3) is 4.85 Å². The van der Waals surface area contributed by atoms with Crippen molar-refractivity contribution in [1.29, 1.82) is 0 Å². The Balaban J connectivity index is 1.40. The summed E-state index contributed by atoms with van der Waals surface area (Å²) in [6.07, 6.45) is 1.01. The van der Waals surface area contributed by atoms with Gasteiger partial charge >= 0.3 is 6.36 Å². The second-order valence-electron chi connectivity index (χ2n) is 9.33. The Labute approximate surface area is 209 Å². The quantitative estimate of drug-likeness (QED) is 0.347. The van der Waals surface area contributed by atoms with Gasteiger partial charge in [-0.2, -0.15) is 0 Å². The molecule has 1 aliphatic rings. The summed E-state index contributed by atoms with van der Waals surface area (Å²) in [7, 11) is 1.63. The first-order valence-corrected chi connectivity index (χ1v) is 11.8. The zero-order chi connectivity index (χ0) is 25.6. The van der Waals surface area contributed by atoms with Crippen LogP contribution < -0.4 is 4.74 Å². The highest BCUT2D eigenvalue weighted by atomic mass is 19.4. The van der Waals surface area contributed by atoms with E-state index in [1.807, 2.05) is 36.8 Å². The number of hydrogen-bond acceptors (Lipinski definition) is 4. The molecule has 0 atom stereocenters. The zero-order valence-electron chi connectivity index (χ0n) is 20.2. The molecule has 0 bridgehead atoms. The molecule has 2 heterocycles. The molecule has 0 unspecified atom stereocenters. The van der Waals surface area contributed by atoms with Crippen molar-refractivity contribution in [3.8, 4) is 5.75 Å². The van der Waals surface area contributed by atoms with Crippen molar-refractivity contribution in [3.05, 3.63) is 89.3 Å². The Morgan fingerprint density at radius 3 is 2.44 bits per heavy atom. The first kappa shape index (κ1) is 25.7. The number of halogens is 3. The molecule has 1 fully saturated rings. The maximum atomic E-state index is 12.9. The van der Waals surface area contributed by atoms with Crippen molar-refractivity contribution in [1.82, 2.24) is 14.5 Å². The van der Waals surface area contributed by atoms with E-state index < -0.39 is 6.36 Å². The summed E-state index contributed by atoms with van der Waals surface area (Å²) in [4.78, 5) is 10.1. The minimum absolute atomic E-state index is 0.142. The van der Waals surface area contributed by atoms with E-state index >= 15 is 0 Å². The largest absolute Gasteiger partial charge is 0.573 e. The van der Waals surface area contributed by atoms with Crippen LogP contribution in [0.5, 0.6) is 5.75 Å². The van der Waals surface area contributed by atoms with E-state index in [0.29, 0.717) is 30.8 Å². The summed E-state index contributed by atoms with van der Waals surface area (Å²) in [6.45, 7) is 10.6. The van der Waals surface area contributed by atoms with Crippen LogP contribution in [-0.4, -0.2) is 47.6 Å². The van der Waals surface area contributed by atoms with Crippen molar-refractivity contribution in [3.63, 3.8) is 0 Å². The van der Waals surface area contributed by atoms with Gasteiger partial charge in [-0.15, -0.1) is 13.2 Å². The number of imidazole rings is 1. The molecule has 0 radical (unpaired) electrons. The van der Waals surface area contributed by atoms with Gasteiger partial charge < -0.3 is 14.0 Å². The molecular weight excluding hydrogens is 469 g/mol. The number of aromatic nitrogens is 2. The Morgan fingerprint density at radius 1 is 1.06 bits per heavy atom. The smallest absolute Gasteiger partial charge is 0.406 e. The summed E-state index contributed by atoms with van der Waals surface area (Å²) in [5, 5.41) is 0. The van der Waals surface area contributed by atoms with Crippen molar-refractivity contribution in [2.75, 3.05) is 26.8 Å². The number of ether oxygens (including phenoxy) is 2. The molecule has 3 aromatic rings. The minimum atomic E-state index is -4.73. The molecule has 0 saturated carbocycles. The Hall–Kier alpha value is -3.35. The van der Waals surface area contributed by atoms with E-state index in [1.165, 1.54) is 6.07 Å². The third-order valence-electron chi connectivity index (χ3n) is 6.73. The van der Waals surface area contributed by atoms with Crippen molar-refractivity contribution in [2.45, 2.75) is 38.7 Å². The highest BCUT2D eigenvalue weighted by Gasteiger charge is 2.37. The Kier molecular flexibility index (Phi) is 7.97. The van der Waals surface area contributed by atoms with Gasteiger partial charge in [-0.05, 0) is 49.5 Å². The molecule has 9 heteroatoms. The zero-order valence-corrected chi connectivity index (χ0v) is 20.2. The lowest BCUT2D eigenvalue weighted by molar-refractivity contribution is -0.275. The van der Waals surface area contributed by atoms with E-state index in [9.17, 15) is 13.2 Å². The van der Waals surface area contributed by atoms with Gasteiger partial charge in [-0.3, -0.25) is 4.90 Å². The van der Waals surface area contributed by atoms with Crippen LogP contribution >= 0.6 is 0 Å². The van der Waals surface area contributed by atoms with Gasteiger partial charge in [0.2, 0.25) is 0 Å². The summed E-state index contributed by atoms with van der Waals surface area (Å²) in [6, 6.07) is 13.9. The number of benzene rings is 2. The number of hydrogen-bond donors (Lipinski definition) is 0. The Morgan fingerprint density at radius 2 is 1.78 bits per heavy atom. The van der Waals surface area contributed by atoms with Crippen LogP contribution in [0.1, 0.15) is 29.7 Å². The number of likely N-dealkylation sites (tertiary alicyclic amines) is 1. The molecule has 1 saturated heterocycles. The summed E-state index contributed by atoms with van der Waals surface area (Å²) >= 11 is 0. The topological polar surface area (TPSA) is 43.9 Å². The van der Waals surface area contributed by atoms with Crippen LogP contribution in [-0.2, 0) is 24.2 Å². The number of alkyl halides is 3. The lowest BCUT2D eigenvalue weighted by Crippen LogP contribution is -2.43. The number of methoxy groups -OCH3 is 1. The lowest BCUT2D eigenvalue weighted by atomic mass is 9.74. The summed E-state index contributed by atoms with van der Waals surface area (Å²) in [5.41, 5.74) is 3.08. The molecule has 2 aromatic carbocycles. The third-order valence-corrected chi connectivity index (χ3v) is 6.73. The van der Waals surface area contributed by atoms with E-state index in [0.717, 1.165) is 43.7 Å². The average Bonchev–Trinajstić information content (AvgIpc) is 3.28. The van der Waals surface area contributed by atoms with Gasteiger partial charge in [0.1, 0.15) is 5.75 Å². The van der Waals surface area contributed by atoms with Crippen LogP contribution in [0, 0.1) is 12.0 Å². The standard InChI is InChI=1S/C27H29F3N4O2/c1-31-23-9-7-21(8-10-23)17-34-20-32-16-24(34)18-33-13-11-26(12-14-33,19-35-2)15-22-5-3-4-6-25(22)36-27(28,29)30/h3-10,16,20H,11-15,17-19H2,2H3. The summed E-state index contributed by atoms with van der Waals surface area (Å²) < 4.78 is 50.6. The lowest BCUT2D eigenvalue weighted by Gasteiger charge is -2.42. The van der Waals surface area contributed by atoms with Gasteiger partial charge in [-0.1, -0.05) is 42.5 Å². The van der Waals surface area contributed by atoms with Crippen LogP contribution in [0.15, 0.2) is 61.1 Å². The fourth-order valence-electron chi connectivity index (χ4n) is 4.87. The van der Waals surface area contributed by atoms with E-state index in [1.54, 1.807) is 25.3 Å². The average molecular weight is 499 g/mol. The highest BCUT2D eigenvalue weighted by Crippen LogP contribution is 2.39. The van der Waals surface area contributed by atoms with Crippen molar-refractivity contribution < 1.29 is 22.6 Å². The van der Waals surface area contributed by atoms with Crippen LogP contribution in [0.4, 0.5) is 18.9 Å². The SMILES string of the molecule is [C-]#[N+]c1ccc(Cn2cncc2CN2CCC(COC)(Cc3ccccc3OC(F)(F)F)CC2)cc1. The monoisotopic (exact) mass is 498 g/mol. The third kappa shape index (κ3) is 6.65. The second kappa shape index (κ2) is 11.1.